The maximum Gasteiger partial charge on any atom is 0.239 e. The monoisotopic (exact) mass is 316 g/mol. The number of morpholine rings is 1. The molecule has 2 fully saturated rings. The Morgan fingerprint density at radius 1 is 1.17 bits per heavy atom. The Hall–Kier alpha value is -1.39. The van der Waals surface area contributed by atoms with E-state index in [1.54, 1.807) is 0 Å². The van der Waals surface area contributed by atoms with Crippen molar-refractivity contribution < 1.29 is 9.53 Å². The maximum absolute atomic E-state index is 12.4. The summed E-state index contributed by atoms with van der Waals surface area (Å²) >= 11 is 0. The number of amides is 1. The van der Waals surface area contributed by atoms with Crippen LogP contribution in [0.3, 0.4) is 0 Å². The van der Waals surface area contributed by atoms with Gasteiger partial charge in [0, 0.05) is 18.5 Å². The lowest BCUT2D eigenvalue weighted by Crippen LogP contribution is -2.53. The van der Waals surface area contributed by atoms with Gasteiger partial charge >= 0.3 is 0 Å². The van der Waals surface area contributed by atoms with Gasteiger partial charge in [-0.15, -0.1) is 0 Å². The summed E-state index contributed by atoms with van der Waals surface area (Å²) < 4.78 is 5.40. The standard InChI is InChI=1S/C19H28N2O2/c22-18(17-14-23-13-12-20-17)21-15-19(10-6-1-2-7-11-19)16-8-4-3-5-9-16/h3-5,8-9,17,20H,1-2,6-7,10-15H2,(H,21,22). The molecule has 1 saturated heterocycles. The highest BCUT2D eigenvalue weighted by molar-refractivity contribution is 5.82. The van der Waals surface area contributed by atoms with Gasteiger partial charge in [-0.05, 0) is 18.4 Å². The molecule has 126 valence electrons. The van der Waals surface area contributed by atoms with Gasteiger partial charge in [0.05, 0.1) is 13.2 Å². The molecule has 0 radical (unpaired) electrons. The topological polar surface area (TPSA) is 50.4 Å². The number of hydrogen-bond acceptors (Lipinski definition) is 3. The van der Waals surface area contributed by atoms with E-state index in [0.717, 1.165) is 25.9 Å². The van der Waals surface area contributed by atoms with E-state index in [-0.39, 0.29) is 17.4 Å². The van der Waals surface area contributed by atoms with Crippen molar-refractivity contribution in [2.75, 3.05) is 26.3 Å². The fourth-order valence-electron chi connectivity index (χ4n) is 3.88. The highest BCUT2D eigenvalue weighted by Gasteiger charge is 2.34. The molecule has 1 saturated carbocycles. The second-order valence-electron chi connectivity index (χ2n) is 6.86. The van der Waals surface area contributed by atoms with E-state index in [1.807, 2.05) is 0 Å². The van der Waals surface area contributed by atoms with Crippen molar-refractivity contribution in [2.45, 2.75) is 50.0 Å². The zero-order valence-electron chi connectivity index (χ0n) is 13.9. The number of benzene rings is 1. The van der Waals surface area contributed by atoms with Crippen LogP contribution in [-0.4, -0.2) is 38.3 Å². The Balaban J connectivity index is 1.69. The Labute approximate surface area is 139 Å². The zero-order valence-corrected chi connectivity index (χ0v) is 13.9. The fraction of sp³-hybridized carbons (Fsp3) is 0.632. The molecule has 2 aliphatic rings. The van der Waals surface area contributed by atoms with Crippen molar-refractivity contribution >= 4 is 5.91 Å². The molecule has 0 aromatic heterocycles. The van der Waals surface area contributed by atoms with E-state index in [9.17, 15) is 4.79 Å². The van der Waals surface area contributed by atoms with E-state index in [1.165, 1.54) is 31.2 Å². The molecule has 3 rings (SSSR count). The average Bonchev–Trinajstić information content (AvgIpc) is 2.88. The number of nitrogens with one attached hydrogen (secondary N) is 2. The van der Waals surface area contributed by atoms with E-state index < -0.39 is 0 Å². The van der Waals surface area contributed by atoms with Gasteiger partial charge in [-0.2, -0.15) is 0 Å². The van der Waals surface area contributed by atoms with Crippen LogP contribution in [0.1, 0.15) is 44.1 Å². The predicted octanol–water partition coefficient (Wildman–Crippen LogP) is 2.38. The van der Waals surface area contributed by atoms with Crippen molar-refractivity contribution in [3.8, 4) is 0 Å². The molecule has 4 heteroatoms. The summed E-state index contributed by atoms with van der Waals surface area (Å²) in [5, 5.41) is 6.44. The van der Waals surface area contributed by atoms with Gasteiger partial charge in [0.2, 0.25) is 5.91 Å². The van der Waals surface area contributed by atoms with Gasteiger partial charge in [0.1, 0.15) is 6.04 Å². The minimum Gasteiger partial charge on any atom is -0.378 e. The van der Waals surface area contributed by atoms with Gasteiger partial charge in [-0.3, -0.25) is 4.79 Å². The lowest BCUT2D eigenvalue weighted by atomic mass is 9.74. The van der Waals surface area contributed by atoms with Gasteiger partial charge < -0.3 is 15.4 Å². The number of carbonyl (C=O) groups excluding carboxylic acids is 1. The quantitative estimate of drug-likeness (QED) is 0.839. The van der Waals surface area contributed by atoms with Crippen molar-refractivity contribution in [1.29, 1.82) is 0 Å². The van der Waals surface area contributed by atoms with Crippen molar-refractivity contribution in [2.24, 2.45) is 0 Å². The SMILES string of the molecule is O=C(NCC1(c2ccccc2)CCCCCC1)C1COCCN1. The molecule has 1 amide bonds. The van der Waals surface area contributed by atoms with Gasteiger partial charge in [-0.25, -0.2) is 0 Å². The highest BCUT2D eigenvalue weighted by Crippen LogP contribution is 2.37. The molecule has 1 aromatic carbocycles. The van der Waals surface area contributed by atoms with Crippen molar-refractivity contribution in [3.05, 3.63) is 35.9 Å². The van der Waals surface area contributed by atoms with Gasteiger partial charge in [-0.1, -0.05) is 56.0 Å². The summed E-state index contributed by atoms with van der Waals surface area (Å²) in [4.78, 5) is 12.4. The van der Waals surface area contributed by atoms with Crippen LogP contribution in [0.25, 0.3) is 0 Å². The first kappa shape index (κ1) is 16.5. The third-order valence-electron chi connectivity index (χ3n) is 5.29. The maximum atomic E-state index is 12.4. The number of ether oxygens (including phenoxy) is 1. The van der Waals surface area contributed by atoms with Crippen LogP contribution in [0.15, 0.2) is 30.3 Å². The van der Waals surface area contributed by atoms with Crippen LogP contribution in [0.4, 0.5) is 0 Å². The predicted molar refractivity (Wildman–Crippen MR) is 91.4 cm³/mol. The molecular weight excluding hydrogens is 288 g/mol. The van der Waals surface area contributed by atoms with Crippen molar-refractivity contribution in [3.63, 3.8) is 0 Å². The third kappa shape index (κ3) is 4.12. The largest absolute Gasteiger partial charge is 0.378 e. The molecule has 1 aliphatic carbocycles. The smallest absolute Gasteiger partial charge is 0.239 e. The van der Waals surface area contributed by atoms with Crippen LogP contribution in [0.5, 0.6) is 0 Å². The van der Waals surface area contributed by atoms with Crippen LogP contribution in [0, 0.1) is 0 Å². The molecule has 2 N–H and O–H groups in total. The summed E-state index contributed by atoms with van der Waals surface area (Å²) in [6.07, 6.45) is 7.42. The molecule has 1 atom stereocenters. The fourth-order valence-corrected chi connectivity index (χ4v) is 3.88. The van der Waals surface area contributed by atoms with Gasteiger partial charge in [0.15, 0.2) is 0 Å². The van der Waals surface area contributed by atoms with Crippen LogP contribution < -0.4 is 10.6 Å². The van der Waals surface area contributed by atoms with E-state index in [4.69, 9.17) is 4.74 Å². The Bertz CT molecular complexity index is 489. The molecule has 0 bridgehead atoms. The highest BCUT2D eigenvalue weighted by atomic mass is 16.5. The third-order valence-corrected chi connectivity index (χ3v) is 5.29. The molecule has 4 nitrogen and oxygen atoms in total. The molecular formula is C19H28N2O2. The minimum atomic E-state index is -0.206. The molecule has 0 spiro atoms. The van der Waals surface area contributed by atoms with Crippen LogP contribution in [0.2, 0.25) is 0 Å². The average molecular weight is 316 g/mol. The molecule has 23 heavy (non-hydrogen) atoms. The summed E-state index contributed by atoms with van der Waals surface area (Å²) in [6.45, 7) is 2.65. The van der Waals surface area contributed by atoms with Crippen molar-refractivity contribution in [1.82, 2.24) is 10.6 Å². The Morgan fingerprint density at radius 3 is 2.57 bits per heavy atom. The number of rotatable bonds is 4. The minimum absolute atomic E-state index is 0.0734. The van der Waals surface area contributed by atoms with Crippen LogP contribution in [-0.2, 0) is 14.9 Å². The van der Waals surface area contributed by atoms with E-state index in [0.29, 0.717) is 13.2 Å². The molecule has 1 aromatic rings. The first-order valence-electron chi connectivity index (χ1n) is 8.95. The number of hydrogen-bond donors (Lipinski definition) is 2. The summed E-state index contributed by atoms with van der Waals surface area (Å²) in [6, 6.07) is 10.5. The first-order chi connectivity index (χ1) is 11.3. The van der Waals surface area contributed by atoms with Crippen LogP contribution >= 0.6 is 0 Å². The molecule has 1 heterocycles. The normalized spacial score (nSPS) is 24.6. The second-order valence-corrected chi connectivity index (χ2v) is 6.86. The van der Waals surface area contributed by atoms with Gasteiger partial charge in [0.25, 0.3) is 0 Å². The van der Waals surface area contributed by atoms with E-state index in [2.05, 4.69) is 41.0 Å². The lowest BCUT2D eigenvalue weighted by molar-refractivity contribution is -0.126. The second kappa shape index (κ2) is 7.93. The summed E-state index contributed by atoms with van der Waals surface area (Å²) in [5.41, 5.74) is 1.46. The zero-order chi connectivity index (χ0) is 16.0. The Kier molecular flexibility index (Phi) is 5.68. The first-order valence-corrected chi connectivity index (χ1v) is 8.95. The summed E-state index contributed by atoms with van der Waals surface area (Å²) in [7, 11) is 0. The molecule has 1 aliphatic heterocycles. The van der Waals surface area contributed by atoms with E-state index >= 15 is 0 Å². The molecule has 1 unspecified atom stereocenters. The summed E-state index contributed by atoms with van der Waals surface area (Å²) in [5.74, 6) is 0.0734. The Morgan fingerprint density at radius 2 is 1.91 bits per heavy atom. The lowest BCUT2D eigenvalue weighted by Gasteiger charge is -2.34. The number of carbonyl (C=O) groups is 1.